The highest BCUT2D eigenvalue weighted by molar-refractivity contribution is 7.80. The van der Waals surface area contributed by atoms with Crippen LogP contribution in [0.3, 0.4) is 0 Å². The molecule has 0 aliphatic carbocycles. The Balaban J connectivity index is 1.79. The van der Waals surface area contributed by atoms with E-state index in [4.69, 9.17) is 4.55 Å². The minimum Gasteiger partial charge on any atom is -0.345 e. The van der Waals surface area contributed by atoms with Crippen molar-refractivity contribution in [1.82, 2.24) is 19.9 Å². The monoisotopic (exact) mass is 477 g/mol. The molecular weight excluding hydrogens is 454 g/mol. The van der Waals surface area contributed by atoms with E-state index in [0.717, 1.165) is 27.3 Å². The van der Waals surface area contributed by atoms with Gasteiger partial charge in [-0.2, -0.15) is 0 Å². The van der Waals surface area contributed by atoms with Crippen LogP contribution in [0.25, 0.3) is 0 Å². The lowest BCUT2D eigenvalue weighted by atomic mass is 10.1. The summed E-state index contributed by atoms with van der Waals surface area (Å²) in [5.74, 6) is -0.397. The Morgan fingerprint density at radius 3 is 2.66 bits per heavy atom. The Bertz CT molecular complexity index is 1230. The van der Waals surface area contributed by atoms with Crippen LogP contribution in [-0.4, -0.2) is 29.2 Å². The molecule has 1 amide bonds. The van der Waals surface area contributed by atoms with Crippen LogP contribution in [0.2, 0.25) is 0 Å². The number of aromatic nitrogens is 3. The van der Waals surface area contributed by atoms with Crippen molar-refractivity contribution in [2.75, 3.05) is 4.72 Å². The summed E-state index contributed by atoms with van der Waals surface area (Å²) < 4.78 is 23.4. The molecule has 0 aliphatic rings. The van der Waals surface area contributed by atoms with Crippen LogP contribution in [0, 0.1) is 6.92 Å². The first-order valence-electron chi connectivity index (χ1n) is 9.75. The van der Waals surface area contributed by atoms with Crippen LogP contribution in [0.1, 0.15) is 34.8 Å². The van der Waals surface area contributed by atoms with Gasteiger partial charge in [0.15, 0.2) is 0 Å². The fourth-order valence-electron chi connectivity index (χ4n) is 3.02. The first-order chi connectivity index (χ1) is 15.2. The largest absolute Gasteiger partial charge is 0.345 e. The lowest BCUT2D eigenvalue weighted by Gasteiger charge is -2.18. The highest BCUT2D eigenvalue weighted by Gasteiger charge is 2.20. The number of aryl methyl sites for hydroxylation is 2. The van der Waals surface area contributed by atoms with Crippen molar-refractivity contribution in [3.05, 3.63) is 78.5 Å². The molecule has 0 aliphatic heterocycles. The number of nitrogens with one attached hydrogen (secondary N) is 3. The Labute approximate surface area is 190 Å². The van der Waals surface area contributed by atoms with Crippen molar-refractivity contribution in [1.29, 1.82) is 0 Å². The van der Waals surface area contributed by atoms with Crippen molar-refractivity contribution < 1.29 is 13.6 Å². The van der Waals surface area contributed by atoms with Crippen LogP contribution in [-0.2, 0) is 35.4 Å². The topological polar surface area (TPSA) is 146 Å². The van der Waals surface area contributed by atoms with Crippen molar-refractivity contribution in [3.8, 4) is 0 Å². The molecule has 2 heterocycles. The van der Waals surface area contributed by atoms with Gasteiger partial charge < -0.3 is 5.32 Å². The van der Waals surface area contributed by atoms with Gasteiger partial charge in [0.1, 0.15) is 11.6 Å². The summed E-state index contributed by atoms with van der Waals surface area (Å²) in [4.78, 5) is 43.0. The molecule has 0 spiro atoms. The highest BCUT2D eigenvalue weighted by Crippen LogP contribution is 2.23. The average Bonchev–Trinajstić information content (AvgIpc) is 3.22. The molecule has 170 valence electrons. The molecule has 0 saturated carbocycles. The summed E-state index contributed by atoms with van der Waals surface area (Å²) in [6.07, 6.45) is 2.55. The third-order valence-corrected chi connectivity index (χ3v) is 6.08. The number of aromatic amines is 1. The van der Waals surface area contributed by atoms with E-state index in [0.29, 0.717) is 17.7 Å². The molecule has 10 nitrogen and oxygen atoms in total. The summed E-state index contributed by atoms with van der Waals surface area (Å²) in [6, 6.07) is 6.49. The maximum atomic E-state index is 12.7. The summed E-state index contributed by atoms with van der Waals surface area (Å²) >= 11 is -0.718. The second-order valence-electron chi connectivity index (χ2n) is 7.10. The molecular formula is C20H23N5O5S2. The number of carbonyl (C=O) groups is 1. The molecule has 0 radical (unpaired) electrons. The predicted molar refractivity (Wildman–Crippen MR) is 123 cm³/mol. The molecule has 1 aromatic carbocycles. The van der Waals surface area contributed by atoms with Crippen LogP contribution >= 0.6 is 11.3 Å². The first-order valence-corrected chi connectivity index (χ1v) is 11.7. The quantitative estimate of drug-likeness (QED) is 0.344. The van der Waals surface area contributed by atoms with E-state index in [1.807, 2.05) is 12.3 Å². The molecule has 2 atom stereocenters. The SMILES string of the molecule is CCc1csc([C@H](Cc2ccc(NS(=O)O)cc2)NC(=O)Cn2cc(C)c(=O)[nH]c2=O)n1. The maximum Gasteiger partial charge on any atom is 0.328 e. The fraction of sp³-hybridized carbons (Fsp3) is 0.300. The van der Waals surface area contributed by atoms with Crippen LogP contribution in [0.4, 0.5) is 5.69 Å². The number of anilines is 1. The van der Waals surface area contributed by atoms with Gasteiger partial charge in [0.25, 0.3) is 16.8 Å². The number of thiazole rings is 1. The molecule has 12 heteroatoms. The van der Waals surface area contributed by atoms with Crippen molar-refractivity contribution in [2.45, 2.75) is 39.3 Å². The summed E-state index contributed by atoms with van der Waals surface area (Å²) in [5, 5.41) is 5.60. The molecule has 0 fully saturated rings. The van der Waals surface area contributed by atoms with Gasteiger partial charge in [0.2, 0.25) is 5.91 Å². The van der Waals surface area contributed by atoms with Crippen LogP contribution in [0.15, 0.2) is 45.4 Å². The number of amides is 1. The Kier molecular flexibility index (Phi) is 7.72. The van der Waals surface area contributed by atoms with E-state index in [2.05, 4.69) is 20.0 Å². The minimum absolute atomic E-state index is 0.246. The number of H-pyrrole nitrogens is 1. The summed E-state index contributed by atoms with van der Waals surface area (Å²) in [7, 11) is 0. The van der Waals surface area contributed by atoms with E-state index in [9.17, 15) is 18.6 Å². The lowest BCUT2D eigenvalue weighted by molar-refractivity contribution is -0.122. The number of carbonyl (C=O) groups excluding carboxylic acids is 1. The molecule has 0 saturated heterocycles. The molecule has 32 heavy (non-hydrogen) atoms. The first kappa shape index (κ1) is 23.6. The van der Waals surface area contributed by atoms with Gasteiger partial charge in [0, 0.05) is 22.8 Å². The highest BCUT2D eigenvalue weighted by atomic mass is 32.2. The Morgan fingerprint density at radius 1 is 1.31 bits per heavy atom. The van der Waals surface area contributed by atoms with Crippen LogP contribution in [0.5, 0.6) is 0 Å². The standard InChI is InChI=1S/C20H23N5O5S2/c1-3-14-11-31-19(21-14)16(8-13-4-6-15(7-5-13)24-32(29)30)22-17(26)10-25-9-12(2)18(27)23-20(25)28/h4-7,9,11,16,24H,3,8,10H2,1-2H3,(H,22,26)(H,29,30)(H,23,27,28)/t16-/m0/s1. The zero-order chi connectivity index (χ0) is 23.3. The van der Waals surface area contributed by atoms with E-state index < -0.39 is 34.5 Å². The van der Waals surface area contributed by atoms with Crippen molar-refractivity contribution in [3.63, 3.8) is 0 Å². The minimum atomic E-state index is -2.16. The van der Waals surface area contributed by atoms with E-state index >= 15 is 0 Å². The van der Waals surface area contributed by atoms with Gasteiger partial charge in [-0.25, -0.2) is 14.0 Å². The van der Waals surface area contributed by atoms with Gasteiger partial charge in [-0.3, -0.25) is 28.4 Å². The van der Waals surface area contributed by atoms with E-state index in [1.165, 1.54) is 17.5 Å². The summed E-state index contributed by atoms with van der Waals surface area (Å²) in [6.45, 7) is 3.31. The maximum absolute atomic E-state index is 12.7. The van der Waals surface area contributed by atoms with Gasteiger partial charge in [0.05, 0.1) is 11.7 Å². The van der Waals surface area contributed by atoms with Crippen molar-refractivity contribution in [2.24, 2.45) is 0 Å². The number of nitrogens with zero attached hydrogens (tertiary/aromatic N) is 2. The van der Waals surface area contributed by atoms with Gasteiger partial charge >= 0.3 is 5.69 Å². The summed E-state index contributed by atoms with van der Waals surface area (Å²) in [5.41, 5.74) is 1.49. The molecule has 0 bridgehead atoms. The second-order valence-corrected chi connectivity index (χ2v) is 8.69. The smallest absolute Gasteiger partial charge is 0.328 e. The predicted octanol–water partition coefficient (Wildman–Crippen LogP) is 1.51. The third-order valence-electron chi connectivity index (χ3n) is 4.67. The van der Waals surface area contributed by atoms with Crippen LogP contribution < -0.4 is 21.3 Å². The van der Waals surface area contributed by atoms with E-state index in [1.54, 1.807) is 31.2 Å². The number of benzene rings is 1. The molecule has 1 unspecified atom stereocenters. The van der Waals surface area contributed by atoms with Gasteiger partial charge in [-0.1, -0.05) is 19.1 Å². The number of hydrogen-bond acceptors (Lipinski definition) is 6. The molecule has 3 aromatic rings. The van der Waals surface area contributed by atoms with E-state index in [-0.39, 0.29) is 6.54 Å². The fourth-order valence-corrected chi connectivity index (χ4v) is 4.31. The number of hydrogen-bond donors (Lipinski definition) is 4. The molecule has 4 N–H and O–H groups in total. The second kappa shape index (κ2) is 10.5. The lowest BCUT2D eigenvalue weighted by Crippen LogP contribution is -2.38. The Hall–Kier alpha value is -3.09. The Morgan fingerprint density at radius 2 is 2.03 bits per heavy atom. The van der Waals surface area contributed by atoms with Gasteiger partial charge in [-0.15, -0.1) is 11.3 Å². The van der Waals surface area contributed by atoms with Gasteiger partial charge in [-0.05, 0) is 37.5 Å². The molecule has 3 rings (SSSR count). The normalized spacial score (nSPS) is 12.8. The van der Waals surface area contributed by atoms with Crippen molar-refractivity contribution >= 4 is 34.2 Å². The average molecular weight is 478 g/mol. The zero-order valence-corrected chi connectivity index (χ0v) is 19.1. The third kappa shape index (κ3) is 6.22. The number of rotatable bonds is 9. The zero-order valence-electron chi connectivity index (χ0n) is 17.5. The molecule has 2 aromatic heterocycles.